The third kappa shape index (κ3) is 3.31. The lowest BCUT2D eigenvalue weighted by Gasteiger charge is -2.11. The number of anilines is 2. The molecule has 0 fully saturated rings. The van der Waals surface area contributed by atoms with E-state index in [2.05, 4.69) is 34.3 Å². The van der Waals surface area contributed by atoms with Crippen LogP contribution in [0.1, 0.15) is 21.5 Å². The highest BCUT2D eigenvalue weighted by Gasteiger charge is 2.14. The number of aromatic nitrogens is 2. The Hall–Kier alpha value is -3.64. The molecule has 30 heavy (non-hydrogen) atoms. The van der Waals surface area contributed by atoms with E-state index < -0.39 is 0 Å². The quantitative estimate of drug-likeness (QED) is 0.354. The van der Waals surface area contributed by atoms with E-state index in [9.17, 15) is 9.90 Å². The Morgan fingerprint density at radius 1 is 1.10 bits per heavy atom. The molecule has 0 saturated heterocycles. The fourth-order valence-electron chi connectivity index (χ4n) is 3.60. The minimum absolute atomic E-state index is 0.256. The molecule has 0 unspecified atom stereocenters. The fourth-order valence-corrected chi connectivity index (χ4v) is 4.54. The number of imidazole rings is 1. The van der Waals surface area contributed by atoms with Gasteiger partial charge in [-0.3, -0.25) is 4.79 Å². The number of thiophene rings is 1. The van der Waals surface area contributed by atoms with Crippen molar-refractivity contribution < 1.29 is 9.90 Å². The van der Waals surface area contributed by atoms with Crippen LogP contribution in [0.2, 0.25) is 0 Å². The molecule has 3 aromatic carbocycles. The molecule has 0 saturated carbocycles. The summed E-state index contributed by atoms with van der Waals surface area (Å²) in [5.74, 6) is 0.961. The Morgan fingerprint density at radius 2 is 1.93 bits per heavy atom. The summed E-state index contributed by atoms with van der Waals surface area (Å²) in [6.45, 7) is 2.64. The third-order valence-corrected chi connectivity index (χ3v) is 6.19. The number of carbonyl (C=O) groups is 1. The predicted octanol–water partition coefficient (Wildman–Crippen LogP) is 5.87. The highest BCUT2D eigenvalue weighted by molar-refractivity contribution is 7.17. The van der Waals surface area contributed by atoms with Gasteiger partial charge in [-0.15, -0.1) is 11.3 Å². The molecule has 0 aliphatic heterocycles. The van der Waals surface area contributed by atoms with Gasteiger partial charge in [-0.25, -0.2) is 4.98 Å². The number of rotatable bonds is 5. The Balaban J connectivity index is 1.63. The van der Waals surface area contributed by atoms with E-state index in [1.807, 2.05) is 24.3 Å². The summed E-state index contributed by atoms with van der Waals surface area (Å²) in [7, 11) is 0. The van der Waals surface area contributed by atoms with Gasteiger partial charge in [-0.2, -0.15) is 0 Å². The van der Waals surface area contributed by atoms with Gasteiger partial charge in [0.25, 0.3) is 0 Å². The first-order chi connectivity index (χ1) is 14.6. The molecule has 0 amide bonds. The van der Waals surface area contributed by atoms with Gasteiger partial charge >= 0.3 is 0 Å². The van der Waals surface area contributed by atoms with E-state index in [1.54, 1.807) is 35.6 Å². The van der Waals surface area contributed by atoms with Gasteiger partial charge in [0.15, 0.2) is 0 Å². The standard InChI is InChI=1S/C24H19N3O2S/c1-15-2-5-18(6-3-15)25-24-26-21-10-16(13-28)4-8-22(21)27(24)12-17-14-30-23-9-7-19(29)11-20(17)23/h2-11,13-14,29H,12H2,1H3,(H,25,26). The highest BCUT2D eigenvalue weighted by Crippen LogP contribution is 2.32. The van der Waals surface area contributed by atoms with Crippen molar-refractivity contribution in [2.24, 2.45) is 0 Å². The molecule has 5 rings (SSSR count). The maximum Gasteiger partial charge on any atom is 0.208 e. The van der Waals surface area contributed by atoms with E-state index in [0.29, 0.717) is 18.1 Å². The zero-order valence-electron chi connectivity index (χ0n) is 16.3. The molecule has 0 aliphatic carbocycles. The summed E-state index contributed by atoms with van der Waals surface area (Å²) in [5, 5.41) is 16.5. The van der Waals surface area contributed by atoms with Crippen LogP contribution < -0.4 is 5.32 Å². The van der Waals surface area contributed by atoms with Crippen molar-refractivity contribution in [2.75, 3.05) is 5.32 Å². The van der Waals surface area contributed by atoms with Gasteiger partial charge in [-0.1, -0.05) is 17.7 Å². The third-order valence-electron chi connectivity index (χ3n) is 5.18. The first-order valence-corrected chi connectivity index (χ1v) is 10.5. The van der Waals surface area contributed by atoms with Crippen molar-refractivity contribution in [2.45, 2.75) is 13.5 Å². The lowest BCUT2D eigenvalue weighted by Crippen LogP contribution is -2.05. The van der Waals surface area contributed by atoms with Crippen LogP contribution in [0.3, 0.4) is 0 Å². The van der Waals surface area contributed by atoms with Crippen LogP contribution in [0.4, 0.5) is 11.6 Å². The van der Waals surface area contributed by atoms with Crippen LogP contribution in [0.15, 0.2) is 66.0 Å². The average Bonchev–Trinajstić information content (AvgIpc) is 3.30. The molecule has 0 radical (unpaired) electrons. The summed E-state index contributed by atoms with van der Waals surface area (Å²) in [5.41, 5.74) is 5.54. The number of aryl methyl sites for hydroxylation is 1. The van der Waals surface area contributed by atoms with E-state index >= 15 is 0 Å². The molecule has 5 nitrogen and oxygen atoms in total. The first kappa shape index (κ1) is 18.4. The van der Waals surface area contributed by atoms with Gasteiger partial charge in [0.05, 0.1) is 17.6 Å². The molecule has 2 heterocycles. The molecule has 0 aliphatic rings. The minimum atomic E-state index is 0.256. The van der Waals surface area contributed by atoms with Gasteiger partial charge < -0.3 is 15.0 Å². The van der Waals surface area contributed by atoms with E-state index in [1.165, 1.54) is 5.56 Å². The zero-order chi connectivity index (χ0) is 20.7. The second-order valence-corrected chi connectivity index (χ2v) is 8.23. The van der Waals surface area contributed by atoms with Crippen LogP contribution in [0.25, 0.3) is 21.1 Å². The van der Waals surface area contributed by atoms with Crippen LogP contribution in [-0.4, -0.2) is 20.9 Å². The number of nitrogens with zero attached hydrogens (tertiary/aromatic N) is 2. The average molecular weight is 414 g/mol. The van der Waals surface area contributed by atoms with Crippen LogP contribution >= 0.6 is 11.3 Å². The number of fused-ring (bicyclic) bond motifs is 2. The van der Waals surface area contributed by atoms with Gasteiger partial charge in [0.1, 0.15) is 12.0 Å². The summed E-state index contributed by atoms with van der Waals surface area (Å²) >= 11 is 1.66. The largest absolute Gasteiger partial charge is 0.508 e. The number of aromatic hydroxyl groups is 1. The SMILES string of the molecule is Cc1ccc(Nc2nc3cc(C=O)ccc3n2Cc2csc3ccc(O)cc23)cc1. The Kier molecular flexibility index (Phi) is 4.48. The number of phenols is 1. The maximum atomic E-state index is 11.2. The number of hydrogen-bond acceptors (Lipinski definition) is 5. The summed E-state index contributed by atoms with van der Waals surface area (Å²) < 4.78 is 3.23. The molecule has 2 aromatic heterocycles. The summed E-state index contributed by atoms with van der Waals surface area (Å²) in [4.78, 5) is 16.0. The molecule has 0 bridgehead atoms. The maximum absolute atomic E-state index is 11.2. The molecule has 0 atom stereocenters. The van der Waals surface area contributed by atoms with E-state index in [0.717, 1.165) is 38.7 Å². The van der Waals surface area contributed by atoms with Crippen molar-refractivity contribution in [3.63, 3.8) is 0 Å². The van der Waals surface area contributed by atoms with Gasteiger partial charge in [-0.05, 0) is 66.4 Å². The highest BCUT2D eigenvalue weighted by atomic mass is 32.1. The Bertz CT molecular complexity index is 1380. The van der Waals surface area contributed by atoms with Gasteiger partial charge in [0, 0.05) is 21.3 Å². The summed E-state index contributed by atoms with van der Waals surface area (Å²) in [6, 6.07) is 19.1. The number of phenolic OH excluding ortho intramolecular Hbond substituents is 1. The van der Waals surface area contributed by atoms with Crippen LogP contribution in [0, 0.1) is 6.92 Å². The van der Waals surface area contributed by atoms with Crippen molar-refractivity contribution >= 4 is 50.4 Å². The Morgan fingerprint density at radius 3 is 2.73 bits per heavy atom. The first-order valence-electron chi connectivity index (χ1n) is 9.59. The van der Waals surface area contributed by atoms with Crippen molar-refractivity contribution in [3.8, 4) is 5.75 Å². The lowest BCUT2D eigenvalue weighted by atomic mass is 10.1. The van der Waals surface area contributed by atoms with Crippen molar-refractivity contribution in [3.05, 3.63) is 82.7 Å². The number of aldehydes is 1. The smallest absolute Gasteiger partial charge is 0.208 e. The minimum Gasteiger partial charge on any atom is -0.508 e. The molecule has 5 aromatic rings. The van der Waals surface area contributed by atoms with Gasteiger partial charge in [0.2, 0.25) is 5.95 Å². The number of nitrogens with one attached hydrogen (secondary N) is 1. The number of carbonyl (C=O) groups excluding carboxylic acids is 1. The normalized spacial score (nSPS) is 11.2. The Labute approximate surface area is 177 Å². The van der Waals surface area contributed by atoms with E-state index in [4.69, 9.17) is 4.98 Å². The molecule has 0 spiro atoms. The lowest BCUT2D eigenvalue weighted by molar-refractivity contribution is 0.112. The molecule has 2 N–H and O–H groups in total. The second kappa shape index (κ2) is 7.31. The zero-order valence-corrected chi connectivity index (χ0v) is 17.1. The number of benzene rings is 3. The molecule has 148 valence electrons. The molecular weight excluding hydrogens is 394 g/mol. The predicted molar refractivity (Wildman–Crippen MR) is 122 cm³/mol. The topological polar surface area (TPSA) is 67.2 Å². The molecular formula is C24H19N3O2S. The number of hydrogen-bond donors (Lipinski definition) is 2. The summed E-state index contributed by atoms with van der Waals surface area (Å²) in [6.07, 6.45) is 0.834. The monoisotopic (exact) mass is 413 g/mol. The van der Waals surface area contributed by atoms with Crippen LogP contribution in [-0.2, 0) is 6.54 Å². The van der Waals surface area contributed by atoms with E-state index in [-0.39, 0.29) is 5.75 Å². The van der Waals surface area contributed by atoms with Crippen LogP contribution in [0.5, 0.6) is 5.75 Å². The fraction of sp³-hybridized carbons (Fsp3) is 0.0833. The second-order valence-electron chi connectivity index (χ2n) is 7.32. The van der Waals surface area contributed by atoms with Crippen molar-refractivity contribution in [1.82, 2.24) is 9.55 Å². The molecule has 6 heteroatoms. The van der Waals surface area contributed by atoms with Crippen molar-refractivity contribution in [1.29, 1.82) is 0 Å².